The van der Waals surface area contributed by atoms with Crippen LogP contribution in [0.15, 0.2) is 67.0 Å². The number of primary amides is 1. The van der Waals surface area contributed by atoms with Gasteiger partial charge >= 0.3 is 0 Å². The lowest BCUT2D eigenvalue weighted by Crippen LogP contribution is -2.46. The van der Waals surface area contributed by atoms with Crippen LogP contribution in [-0.2, 0) is 16.8 Å². The Bertz CT molecular complexity index is 843. The molecule has 1 amide bonds. The zero-order valence-electron chi connectivity index (χ0n) is 13.3. The van der Waals surface area contributed by atoms with Crippen LogP contribution < -0.4 is 5.73 Å². The van der Waals surface area contributed by atoms with Crippen molar-refractivity contribution in [3.8, 4) is 11.1 Å². The molecule has 2 aromatic carbocycles. The molecule has 5 heteroatoms. The maximum absolute atomic E-state index is 13.1. The van der Waals surface area contributed by atoms with E-state index in [1.165, 1.54) is 12.1 Å². The molecule has 1 aromatic heterocycles. The number of benzene rings is 2. The van der Waals surface area contributed by atoms with Gasteiger partial charge in [0.2, 0.25) is 5.91 Å². The van der Waals surface area contributed by atoms with Gasteiger partial charge in [-0.25, -0.2) is 4.39 Å². The number of carbonyl (C=O) groups is 1. The van der Waals surface area contributed by atoms with Crippen molar-refractivity contribution in [3.05, 3.63) is 78.4 Å². The van der Waals surface area contributed by atoms with Gasteiger partial charge in [-0.05, 0) is 30.2 Å². The highest BCUT2D eigenvalue weighted by atomic mass is 19.1. The number of rotatable bonds is 5. The third-order valence-electron chi connectivity index (χ3n) is 4.19. The molecule has 122 valence electrons. The van der Waals surface area contributed by atoms with Gasteiger partial charge in [0.1, 0.15) is 11.4 Å². The number of aromatic nitrogens is 2. The third-order valence-corrected chi connectivity index (χ3v) is 4.19. The van der Waals surface area contributed by atoms with Gasteiger partial charge in [0.15, 0.2) is 0 Å². The maximum Gasteiger partial charge on any atom is 0.245 e. The summed E-state index contributed by atoms with van der Waals surface area (Å²) in [5.74, 6) is -0.752. The molecule has 0 saturated carbocycles. The van der Waals surface area contributed by atoms with Gasteiger partial charge in [-0.1, -0.05) is 42.5 Å². The van der Waals surface area contributed by atoms with Gasteiger partial charge in [0, 0.05) is 18.2 Å². The number of hydrogen-bond acceptors (Lipinski definition) is 2. The zero-order valence-corrected chi connectivity index (χ0v) is 13.3. The molecule has 2 N–H and O–H groups in total. The molecule has 0 radical (unpaired) electrons. The lowest BCUT2D eigenvalue weighted by molar-refractivity contribution is -0.126. The Morgan fingerprint density at radius 2 is 1.79 bits per heavy atom. The van der Waals surface area contributed by atoms with E-state index in [4.69, 9.17) is 5.73 Å². The van der Waals surface area contributed by atoms with Crippen LogP contribution in [0.4, 0.5) is 4.39 Å². The average Bonchev–Trinajstić information content (AvgIpc) is 3.07. The van der Waals surface area contributed by atoms with E-state index in [1.54, 1.807) is 36.1 Å². The number of nitrogens with two attached hydrogens (primary N) is 1. The second-order valence-corrected chi connectivity index (χ2v) is 5.98. The number of amides is 1. The molecular formula is C19H18FN3O. The molecule has 4 nitrogen and oxygen atoms in total. The Morgan fingerprint density at radius 1 is 1.12 bits per heavy atom. The Kier molecular flexibility index (Phi) is 4.16. The van der Waals surface area contributed by atoms with Crippen LogP contribution in [0.1, 0.15) is 12.5 Å². The fourth-order valence-electron chi connectivity index (χ4n) is 2.66. The molecule has 3 aromatic rings. The number of nitrogens with zero attached hydrogens (tertiary/aromatic N) is 2. The van der Waals surface area contributed by atoms with E-state index < -0.39 is 11.4 Å². The Morgan fingerprint density at radius 3 is 2.42 bits per heavy atom. The highest BCUT2D eigenvalue weighted by molar-refractivity contribution is 5.82. The van der Waals surface area contributed by atoms with Gasteiger partial charge < -0.3 is 5.73 Å². The first-order valence-corrected chi connectivity index (χ1v) is 7.64. The molecule has 1 heterocycles. The lowest BCUT2D eigenvalue weighted by Gasteiger charge is -2.26. The Hall–Kier alpha value is -2.95. The maximum atomic E-state index is 13.1. The van der Waals surface area contributed by atoms with Gasteiger partial charge in [0.25, 0.3) is 0 Å². The van der Waals surface area contributed by atoms with E-state index in [0.717, 1.165) is 16.7 Å². The molecule has 0 bridgehead atoms. The Balaban J connectivity index is 1.95. The molecule has 0 aliphatic carbocycles. The standard InChI is InChI=1S/C19H18FN3O/c1-19(18(21)24,11-14-5-3-2-4-6-14)23-13-16(12-22-23)15-7-9-17(20)10-8-15/h2-10,12-13H,11H2,1H3,(H2,21,24). The van der Waals surface area contributed by atoms with Gasteiger partial charge in [0.05, 0.1) is 6.20 Å². The fourth-order valence-corrected chi connectivity index (χ4v) is 2.66. The summed E-state index contributed by atoms with van der Waals surface area (Å²) in [5.41, 5.74) is 7.31. The van der Waals surface area contributed by atoms with Crippen molar-refractivity contribution >= 4 is 5.91 Å². The highest BCUT2D eigenvalue weighted by Gasteiger charge is 2.34. The summed E-state index contributed by atoms with van der Waals surface area (Å²) in [5, 5.41) is 4.33. The van der Waals surface area contributed by atoms with E-state index in [1.807, 2.05) is 30.3 Å². The van der Waals surface area contributed by atoms with Crippen LogP contribution in [0, 0.1) is 5.82 Å². The SMILES string of the molecule is CC(Cc1ccccc1)(C(N)=O)n1cc(-c2ccc(F)cc2)cn1. The van der Waals surface area contributed by atoms with E-state index in [9.17, 15) is 9.18 Å². The van der Waals surface area contributed by atoms with Crippen LogP contribution >= 0.6 is 0 Å². The molecule has 0 spiro atoms. The first-order chi connectivity index (χ1) is 11.5. The fraction of sp³-hybridized carbons (Fsp3) is 0.158. The minimum atomic E-state index is -0.986. The molecule has 0 aliphatic heterocycles. The summed E-state index contributed by atoms with van der Waals surface area (Å²) >= 11 is 0. The molecule has 1 unspecified atom stereocenters. The summed E-state index contributed by atoms with van der Waals surface area (Å²) in [6.07, 6.45) is 3.86. The van der Waals surface area contributed by atoms with Crippen LogP contribution in [0.25, 0.3) is 11.1 Å². The molecule has 0 saturated heterocycles. The van der Waals surface area contributed by atoms with Crippen LogP contribution in [0.5, 0.6) is 0 Å². The molecule has 1 atom stereocenters. The van der Waals surface area contributed by atoms with Crippen molar-refractivity contribution in [1.29, 1.82) is 0 Å². The van der Waals surface area contributed by atoms with Gasteiger partial charge in [-0.15, -0.1) is 0 Å². The van der Waals surface area contributed by atoms with Crippen molar-refractivity contribution < 1.29 is 9.18 Å². The van der Waals surface area contributed by atoms with Gasteiger partial charge in [-0.2, -0.15) is 5.10 Å². The molecule has 0 fully saturated rings. The largest absolute Gasteiger partial charge is 0.368 e. The van der Waals surface area contributed by atoms with Crippen LogP contribution in [0.2, 0.25) is 0 Å². The van der Waals surface area contributed by atoms with E-state index in [0.29, 0.717) is 6.42 Å². The Labute approximate surface area is 139 Å². The molecule has 0 aliphatic rings. The summed E-state index contributed by atoms with van der Waals surface area (Å²) in [6, 6.07) is 15.8. The summed E-state index contributed by atoms with van der Waals surface area (Å²) in [6.45, 7) is 1.77. The van der Waals surface area contributed by atoms with Crippen molar-refractivity contribution in [1.82, 2.24) is 9.78 Å². The normalized spacial score (nSPS) is 13.4. The smallest absolute Gasteiger partial charge is 0.245 e. The predicted octanol–water partition coefficient (Wildman–Crippen LogP) is 3.13. The van der Waals surface area contributed by atoms with Crippen molar-refractivity contribution in [2.24, 2.45) is 5.73 Å². The summed E-state index contributed by atoms with van der Waals surface area (Å²) in [7, 11) is 0. The predicted molar refractivity (Wildman–Crippen MR) is 90.6 cm³/mol. The van der Waals surface area contributed by atoms with Gasteiger partial charge in [-0.3, -0.25) is 9.48 Å². The first kappa shape index (κ1) is 15.9. The number of hydrogen-bond donors (Lipinski definition) is 1. The van der Waals surface area contributed by atoms with Crippen molar-refractivity contribution in [3.63, 3.8) is 0 Å². The summed E-state index contributed by atoms with van der Waals surface area (Å²) < 4.78 is 14.6. The van der Waals surface area contributed by atoms with Crippen LogP contribution in [-0.4, -0.2) is 15.7 Å². The van der Waals surface area contributed by atoms with Crippen LogP contribution in [0.3, 0.4) is 0 Å². The molecular weight excluding hydrogens is 305 g/mol. The average molecular weight is 323 g/mol. The highest BCUT2D eigenvalue weighted by Crippen LogP contribution is 2.25. The minimum absolute atomic E-state index is 0.294. The second kappa shape index (κ2) is 6.28. The number of carbonyl (C=O) groups excluding carboxylic acids is 1. The third kappa shape index (κ3) is 3.06. The quantitative estimate of drug-likeness (QED) is 0.784. The van der Waals surface area contributed by atoms with Crippen molar-refractivity contribution in [2.75, 3.05) is 0 Å². The molecule has 3 rings (SSSR count). The lowest BCUT2D eigenvalue weighted by atomic mass is 9.92. The zero-order chi connectivity index (χ0) is 17.2. The molecule has 24 heavy (non-hydrogen) atoms. The van der Waals surface area contributed by atoms with E-state index >= 15 is 0 Å². The topological polar surface area (TPSA) is 60.9 Å². The monoisotopic (exact) mass is 323 g/mol. The van der Waals surface area contributed by atoms with E-state index in [2.05, 4.69) is 5.10 Å². The minimum Gasteiger partial charge on any atom is -0.368 e. The first-order valence-electron chi connectivity index (χ1n) is 7.64. The van der Waals surface area contributed by atoms with E-state index in [-0.39, 0.29) is 5.82 Å². The number of halogens is 1. The summed E-state index contributed by atoms with van der Waals surface area (Å²) in [4.78, 5) is 12.1. The second-order valence-electron chi connectivity index (χ2n) is 5.98. The van der Waals surface area contributed by atoms with Crippen molar-refractivity contribution in [2.45, 2.75) is 18.9 Å².